The summed E-state index contributed by atoms with van der Waals surface area (Å²) in [5.74, 6) is -0.253. The zero-order valence-corrected chi connectivity index (χ0v) is 18.3. The van der Waals surface area contributed by atoms with Crippen LogP contribution in [0.1, 0.15) is 11.1 Å². The van der Waals surface area contributed by atoms with E-state index in [2.05, 4.69) is 17.1 Å². The third-order valence-corrected chi connectivity index (χ3v) is 5.35. The van der Waals surface area contributed by atoms with E-state index in [4.69, 9.17) is 16.3 Å². The molecule has 0 saturated heterocycles. The maximum absolute atomic E-state index is 13.1. The molecule has 1 amide bonds. The normalized spacial score (nSPS) is 11.9. The van der Waals surface area contributed by atoms with Crippen LogP contribution in [-0.2, 0) is 21.0 Å². The smallest absolute Gasteiger partial charge is 0.417 e. The van der Waals surface area contributed by atoms with Crippen LogP contribution in [-0.4, -0.2) is 39.9 Å². The van der Waals surface area contributed by atoms with Crippen LogP contribution >= 0.6 is 11.6 Å². The first-order valence-electron chi connectivity index (χ1n) is 8.92. The van der Waals surface area contributed by atoms with E-state index < -0.39 is 39.2 Å². The van der Waals surface area contributed by atoms with Gasteiger partial charge < -0.3 is 4.74 Å². The van der Waals surface area contributed by atoms with Gasteiger partial charge in [-0.05, 0) is 48.0 Å². The number of anilines is 1. The van der Waals surface area contributed by atoms with E-state index in [1.807, 2.05) is 0 Å². The van der Waals surface area contributed by atoms with E-state index in [9.17, 15) is 26.4 Å². The summed E-state index contributed by atoms with van der Waals surface area (Å²) < 4.78 is 69.3. The molecule has 0 aliphatic rings. The van der Waals surface area contributed by atoms with Crippen LogP contribution in [0.5, 0.6) is 5.75 Å². The molecule has 0 aliphatic carbocycles. The number of hydrogen-bond acceptors (Lipinski definition) is 5. The third kappa shape index (κ3) is 7.27. The fourth-order valence-electron chi connectivity index (χ4n) is 2.44. The number of rotatable bonds is 9. The molecule has 0 unspecified atom stereocenters. The number of benzene rings is 2. The van der Waals surface area contributed by atoms with Gasteiger partial charge in [-0.15, -0.1) is 0 Å². The van der Waals surface area contributed by atoms with E-state index in [0.29, 0.717) is 28.3 Å². The molecule has 2 rings (SSSR count). The number of amides is 1. The lowest BCUT2D eigenvalue weighted by molar-refractivity contribution is -0.137. The first kappa shape index (κ1) is 25.2. The number of nitrogens with zero attached hydrogens (tertiary/aromatic N) is 2. The van der Waals surface area contributed by atoms with Crippen molar-refractivity contribution in [3.63, 3.8) is 0 Å². The molecule has 172 valence electrons. The van der Waals surface area contributed by atoms with Crippen molar-refractivity contribution in [1.82, 2.24) is 5.43 Å². The lowest BCUT2D eigenvalue weighted by atomic mass is 10.2. The summed E-state index contributed by atoms with van der Waals surface area (Å²) in [6.07, 6.45) is -1.13. The molecule has 0 spiro atoms. The van der Waals surface area contributed by atoms with Gasteiger partial charge >= 0.3 is 6.18 Å². The quantitative estimate of drug-likeness (QED) is 0.329. The van der Waals surface area contributed by atoms with Gasteiger partial charge in [0, 0.05) is 0 Å². The van der Waals surface area contributed by atoms with Crippen molar-refractivity contribution in [2.24, 2.45) is 5.10 Å². The molecule has 2 aromatic carbocycles. The van der Waals surface area contributed by atoms with Crippen LogP contribution in [0.2, 0.25) is 5.02 Å². The second-order valence-electron chi connectivity index (χ2n) is 6.39. The Morgan fingerprint density at radius 2 is 1.91 bits per heavy atom. The van der Waals surface area contributed by atoms with Crippen LogP contribution in [0.15, 0.2) is 60.2 Å². The zero-order valence-electron chi connectivity index (χ0n) is 16.8. The number of sulfonamides is 1. The number of carbonyl (C=O) groups excluding carboxylic acids is 1. The van der Waals surface area contributed by atoms with E-state index in [1.165, 1.54) is 6.21 Å². The van der Waals surface area contributed by atoms with Gasteiger partial charge in [0.15, 0.2) is 0 Å². The van der Waals surface area contributed by atoms with Gasteiger partial charge in [0.05, 0.1) is 28.7 Å². The third-order valence-electron chi connectivity index (χ3n) is 3.88. The van der Waals surface area contributed by atoms with Gasteiger partial charge in [0.1, 0.15) is 18.9 Å². The van der Waals surface area contributed by atoms with Gasteiger partial charge in [-0.3, -0.25) is 9.10 Å². The van der Waals surface area contributed by atoms with Gasteiger partial charge in [-0.1, -0.05) is 24.3 Å². The van der Waals surface area contributed by atoms with E-state index in [-0.39, 0.29) is 5.69 Å². The fourth-order valence-corrected chi connectivity index (χ4v) is 3.51. The Kier molecular flexibility index (Phi) is 8.28. The maximum atomic E-state index is 13.1. The molecule has 0 atom stereocenters. The highest BCUT2D eigenvalue weighted by molar-refractivity contribution is 7.92. The monoisotopic (exact) mass is 489 g/mol. The second kappa shape index (κ2) is 10.5. The topological polar surface area (TPSA) is 88.1 Å². The van der Waals surface area contributed by atoms with Crippen molar-refractivity contribution < 1.29 is 31.1 Å². The van der Waals surface area contributed by atoms with Gasteiger partial charge in [-0.25, -0.2) is 13.8 Å². The fraction of sp³-hybridized carbons (Fsp3) is 0.200. The average Bonchev–Trinajstić information content (AvgIpc) is 2.70. The lowest BCUT2D eigenvalue weighted by Crippen LogP contribution is -2.39. The Bertz CT molecular complexity index is 1100. The molecule has 0 saturated carbocycles. The summed E-state index contributed by atoms with van der Waals surface area (Å²) >= 11 is 5.57. The molecular formula is C20H19ClF3N3O4S. The van der Waals surface area contributed by atoms with Crippen LogP contribution in [0.3, 0.4) is 0 Å². The molecule has 12 heteroatoms. The molecule has 7 nitrogen and oxygen atoms in total. The summed E-state index contributed by atoms with van der Waals surface area (Å²) in [6, 6.07) is 9.25. The SMILES string of the molecule is C=CCOc1ccc(/C=N\NC(=O)CN(c2ccc(Cl)c(C(F)(F)F)c2)S(C)(=O)=O)cc1. The minimum Gasteiger partial charge on any atom is -0.490 e. The number of nitrogens with one attached hydrogen (secondary N) is 1. The van der Waals surface area contributed by atoms with Gasteiger partial charge in [0.2, 0.25) is 10.0 Å². The molecule has 0 fully saturated rings. The van der Waals surface area contributed by atoms with Crippen LogP contribution in [0.4, 0.5) is 18.9 Å². The number of carbonyl (C=O) groups is 1. The second-order valence-corrected chi connectivity index (χ2v) is 8.71. The van der Waals surface area contributed by atoms with E-state index in [1.54, 1.807) is 30.3 Å². The predicted octanol–water partition coefficient (Wildman–Crippen LogP) is 3.84. The average molecular weight is 490 g/mol. The molecule has 1 N–H and O–H groups in total. The highest BCUT2D eigenvalue weighted by Crippen LogP contribution is 2.37. The first-order valence-corrected chi connectivity index (χ1v) is 11.1. The molecule has 0 aromatic heterocycles. The van der Waals surface area contributed by atoms with E-state index in [0.717, 1.165) is 18.4 Å². The van der Waals surface area contributed by atoms with Crippen molar-refractivity contribution in [2.45, 2.75) is 6.18 Å². The highest BCUT2D eigenvalue weighted by atomic mass is 35.5. The Labute approximate surface area is 188 Å². The molecule has 32 heavy (non-hydrogen) atoms. The molecule has 0 heterocycles. The van der Waals surface area contributed by atoms with Crippen molar-refractivity contribution in [3.8, 4) is 5.75 Å². The summed E-state index contributed by atoms with van der Waals surface area (Å²) in [5, 5.41) is 3.14. The molecule has 0 bridgehead atoms. The van der Waals surface area contributed by atoms with Crippen LogP contribution in [0, 0.1) is 0 Å². The first-order chi connectivity index (χ1) is 14.9. The molecular weight excluding hydrogens is 471 g/mol. The predicted molar refractivity (Wildman–Crippen MR) is 117 cm³/mol. The Morgan fingerprint density at radius 3 is 2.47 bits per heavy atom. The number of hydrogen-bond donors (Lipinski definition) is 1. The number of halogens is 4. The maximum Gasteiger partial charge on any atom is 0.417 e. The number of alkyl halides is 3. The van der Waals surface area contributed by atoms with Crippen molar-refractivity contribution >= 4 is 39.4 Å². The minimum atomic E-state index is -4.80. The van der Waals surface area contributed by atoms with Crippen molar-refractivity contribution in [2.75, 3.05) is 23.7 Å². The Morgan fingerprint density at radius 1 is 1.25 bits per heavy atom. The van der Waals surface area contributed by atoms with Crippen molar-refractivity contribution in [3.05, 3.63) is 71.3 Å². The minimum absolute atomic E-state index is 0.346. The Balaban J connectivity index is 2.11. The summed E-state index contributed by atoms with van der Waals surface area (Å²) in [6.45, 7) is 3.10. The standard InChI is InChI=1S/C20H19ClF3N3O4S/c1-3-10-31-16-7-4-14(5-8-16)12-25-26-19(28)13-27(32(2,29)30)15-6-9-18(21)17(11-15)20(22,23)24/h3-9,11-12H,1,10,13H2,2H3,(H,26,28)/b25-12-. The largest absolute Gasteiger partial charge is 0.490 e. The van der Waals surface area contributed by atoms with Crippen LogP contribution < -0.4 is 14.5 Å². The Hall–Kier alpha value is -3.05. The summed E-state index contributed by atoms with van der Waals surface area (Å²) in [5.41, 5.74) is 1.17. The van der Waals surface area contributed by atoms with Crippen molar-refractivity contribution in [1.29, 1.82) is 0 Å². The number of hydrazone groups is 1. The lowest BCUT2D eigenvalue weighted by Gasteiger charge is -2.22. The van der Waals surface area contributed by atoms with E-state index >= 15 is 0 Å². The summed E-state index contributed by atoms with van der Waals surface area (Å²) in [7, 11) is -4.09. The number of ether oxygens (including phenoxy) is 1. The highest BCUT2D eigenvalue weighted by Gasteiger charge is 2.34. The zero-order chi connectivity index (χ0) is 23.9. The summed E-state index contributed by atoms with van der Waals surface area (Å²) in [4.78, 5) is 12.2. The molecule has 0 radical (unpaired) electrons. The van der Waals surface area contributed by atoms with Gasteiger partial charge in [0.25, 0.3) is 5.91 Å². The van der Waals surface area contributed by atoms with Gasteiger partial charge in [-0.2, -0.15) is 18.3 Å². The molecule has 0 aliphatic heterocycles. The van der Waals surface area contributed by atoms with Crippen LogP contribution in [0.25, 0.3) is 0 Å². The molecule has 2 aromatic rings.